The van der Waals surface area contributed by atoms with Crippen molar-refractivity contribution in [2.24, 2.45) is 0 Å². The van der Waals surface area contributed by atoms with Crippen LogP contribution in [0.5, 0.6) is 0 Å². The van der Waals surface area contributed by atoms with E-state index in [1.807, 2.05) is 0 Å². The predicted molar refractivity (Wildman–Crippen MR) is 53.5 cm³/mol. The van der Waals surface area contributed by atoms with Gasteiger partial charge in [0, 0.05) is 19.6 Å². The molecule has 0 aromatic heterocycles. The fourth-order valence-corrected chi connectivity index (χ4v) is 1.26. The predicted octanol–water partition coefficient (Wildman–Crippen LogP) is -1.90. The third-order valence-electron chi connectivity index (χ3n) is 2.00. The van der Waals surface area contributed by atoms with E-state index in [0.29, 0.717) is 32.9 Å². The lowest BCUT2D eigenvalue weighted by Gasteiger charge is -2.22. The van der Waals surface area contributed by atoms with Gasteiger partial charge in [0.2, 0.25) is 0 Å². The minimum Gasteiger partial charge on any atom is -0.394 e. The van der Waals surface area contributed by atoms with Gasteiger partial charge in [-0.15, -0.1) is 0 Å². The zero-order valence-electron chi connectivity index (χ0n) is 8.70. The molecule has 1 rings (SSSR count). The lowest BCUT2D eigenvalue weighted by molar-refractivity contribution is -0.134. The van der Waals surface area contributed by atoms with Gasteiger partial charge in [0.05, 0.1) is 26.4 Å². The Morgan fingerprint density at radius 3 is 3.13 bits per heavy atom. The van der Waals surface area contributed by atoms with Crippen LogP contribution in [0.4, 0.5) is 0 Å². The molecule has 0 bridgehead atoms. The van der Waals surface area contributed by atoms with Crippen molar-refractivity contribution >= 4 is 5.91 Å². The maximum absolute atomic E-state index is 11.4. The van der Waals surface area contributed by atoms with E-state index in [2.05, 4.69) is 10.6 Å². The first-order valence-corrected chi connectivity index (χ1v) is 5.13. The van der Waals surface area contributed by atoms with Crippen LogP contribution >= 0.6 is 0 Å². The fourth-order valence-electron chi connectivity index (χ4n) is 1.26. The Bertz CT molecular complexity index is 183. The molecule has 1 fully saturated rings. The molecule has 0 spiro atoms. The summed E-state index contributed by atoms with van der Waals surface area (Å²) in [6, 6.07) is 0. The summed E-state index contributed by atoms with van der Waals surface area (Å²) in [6.45, 7) is 3.08. The number of hydrogen-bond donors (Lipinski definition) is 3. The highest BCUT2D eigenvalue weighted by Gasteiger charge is 2.20. The van der Waals surface area contributed by atoms with Crippen LogP contribution in [-0.2, 0) is 14.3 Å². The summed E-state index contributed by atoms with van der Waals surface area (Å²) >= 11 is 0. The molecule has 1 aliphatic heterocycles. The van der Waals surface area contributed by atoms with Gasteiger partial charge in [-0.25, -0.2) is 0 Å². The van der Waals surface area contributed by atoms with Gasteiger partial charge in [0.1, 0.15) is 6.10 Å². The van der Waals surface area contributed by atoms with E-state index in [1.54, 1.807) is 0 Å². The second-order valence-electron chi connectivity index (χ2n) is 3.19. The number of carbonyl (C=O) groups excluding carboxylic acids is 1. The third kappa shape index (κ3) is 5.08. The largest absolute Gasteiger partial charge is 0.394 e. The van der Waals surface area contributed by atoms with Crippen LogP contribution in [-0.4, -0.2) is 63.2 Å². The normalized spacial score (nSPS) is 21.3. The van der Waals surface area contributed by atoms with Crippen LogP contribution in [0.15, 0.2) is 0 Å². The van der Waals surface area contributed by atoms with E-state index in [0.717, 1.165) is 6.54 Å². The number of carbonyl (C=O) groups is 1. The Morgan fingerprint density at radius 1 is 1.60 bits per heavy atom. The number of rotatable bonds is 6. The average molecular weight is 218 g/mol. The molecule has 0 aromatic rings. The number of morpholine rings is 1. The zero-order chi connectivity index (χ0) is 10.9. The minimum absolute atomic E-state index is 0.00357. The van der Waals surface area contributed by atoms with Gasteiger partial charge < -0.3 is 25.2 Å². The van der Waals surface area contributed by atoms with Crippen LogP contribution in [0.2, 0.25) is 0 Å². The lowest BCUT2D eigenvalue weighted by Crippen LogP contribution is -2.48. The van der Waals surface area contributed by atoms with E-state index in [4.69, 9.17) is 14.6 Å². The standard InChI is InChI=1S/C9H18N2O4/c12-3-6-14-4-2-11-9(13)8-7-10-1-5-15-8/h8,10,12H,1-7H2,(H,11,13). The average Bonchev–Trinajstić information content (AvgIpc) is 2.30. The van der Waals surface area contributed by atoms with Gasteiger partial charge in [0.25, 0.3) is 5.91 Å². The molecule has 0 radical (unpaired) electrons. The summed E-state index contributed by atoms with van der Waals surface area (Å²) in [4.78, 5) is 11.4. The maximum atomic E-state index is 11.4. The van der Waals surface area contributed by atoms with Crippen LogP contribution in [0.1, 0.15) is 0 Å². The SMILES string of the molecule is O=C(NCCOCCO)C1CNCCO1. The summed E-state index contributed by atoms with van der Waals surface area (Å²) in [6.07, 6.45) is -0.392. The van der Waals surface area contributed by atoms with Crippen LogP contribution in [0.25, 0.3) is 0 Å². The summed E-state index contributed by atoms with van der Waals surface area (Å²) < 4.78 is 10.3. The molecular weight excluding hydrogens is 200 g/mol. The van der Waals surface area contributed by atoms with Gasteiger partial charge in [-0.2, -0.15) is 0 Å². The monoisotopic (exact) mass is 218 g/mol. The second-order valence-corrected chi connectivity index (χ2v) is 3.19. The van der Waals surface area contributed by atoms with Crippen LogP contribution in [0, 0.1) is 0 Å². The molecule has 88 valence electrons. The molecule has 1 heterocycles. The Balaban J connectivity index is 2.02. The van der Waals surface area contributed by atoms with E-state index in [9.17, 15) is 4.79 Å². The molecule has 1 atom stereocenters. The van der Waals surface area contributed by atoms with Crippen molar-refractivity contribution in [2.75, 3.05) is 46.1 Å². The third-order valence-corrected chi connectivity index (χ3v) is 2.00. The smallest absolute Gasteiger partial charge is 0.250 e. The van der Waals surface area contributed by atoms with Crippen molar-refractivity contribution in [3.8, 4) is 0 Å². The summed E-state index contributed by atoms with van der Waals surface area (Å²) in [5.74, 6) is -0.116. The van der Waals surface area contributed by atoms with Gasteiger partial charge in [-0.3, -0.25) is 4.79 Å². The number of amides is 1. The number of hydrogen-bond acceptors (Lipinski definition) is 5. The number of ether oxygens (including phenoxy) is 2. The van der Waals surface area contributed by atoms with E-state index >= 15 is 0 Å². The van der Waals surface area contributed by atoms with Crippen molar-refractivity contribution in [2.45, 2.75) is 6.10 Å². The molecule has 6 heteroatoms. The molecule has 3 N–H and O–H groups in total. The zero-order valence-corrected chi connectivity index (χ0v) is 8.70. The Hall–Kier alpha value is -0.690. The molecule has 0 aliphatic carbocycles. The van der Waals surface area contributed by atoms with E-state index in [1.165, 1.54) is 0 Å². The molecule has 1 saturated heterocycles. The topological polar surface area (TPSA) is 79.8 Å². The second kappa shape index (κ2) is 7.58. The molecule has 1 aliphatic rings. The Labute approximate surface area is 88.9 Å². The highest BCUT2D eigenvalue weighted by molar-refractivity contribution is 5.81. The molecule has 0 aromatic carbocycles. The van der Waals surface area contributed by atoms with Crippen molar-refractivity contribution in [3.63, 3.8) is 0 Å². The maximum Gasteiger partial charge on any atom is 0.250 e. The summed E-state index contributed by atoms with van der Waals surface area (Å²) in [5.41, 5.74) is 0. The molecule has 6 nitrogen and oxygen atoms in total. The number of aliphatic hydroxyl groups is 1. The van der Waals surface area contributed by atoms with Crippen molar-refractivity contribution < 1.29 is 19.4 Å². The van der Waals surface area contributed by atoms with Crippen LogP contribution < -0.4 is 10.6 Å². The molecule has 0 saturated carbocycles. The number of nitrogens with one attached hydrogen (secondary N) is 2. The Kier molecular flexibility index (Phi) is 6.26. The quantitative estimate of drug-likeness (QED) is 0.454. The van der Waals surface area contributed by atoms with Gasteiger partial charge in [0.15, 0.2) is 0 Å². The lowest BCUT2D eigenvalue weighted by atomic mass is 10.3. The van der Waals surface area contributed by atoms with Crippen molar-refractivity contribution in [1.29, 1.82) is 0 Å². The first kappa shape index (κ1) is 12.4. The molecule has 1 unspecified atom stereocenters. The fraction of sp³-hybridized carbons (Fsp3) is 0.889. The van der Waals surface area contributed by atoms with Gasteiger partial charge >= 0.3 is 0 Å². The molecule has 1 amide bonds. The summed E-state index contributed by atoms with van der Waals surface area (Å²) in [5, 5.41) is 14.2. The number of aliphatic hydroxyl groups excluding tert-OH is 1. The minimum atomic E-state index is -0.392. The van der Waals surface area contributed by atoms with Gasteiger partial charge in [-0.05, 0) is 0 Å². The highest BCUT2D eigenvalue weighted by atomic mass is 16.5. The first-order chi connectivity index (χ1) is 7.34. The van der Waals surface area contributed by atoms with Crippen LogP contribution in [0.3, 0.4) is 0 Å². The Morgan fingerprint density at radius 2 is 2.47 bits per heavy atom. The molecule has 15 heavy (non-hydrogen) atoms. The van der Waals surface area contributed by atoms with E-state index in [-0.39, 0.29) is 12.5 Å². The highest BCUT2D eigenvalue weighted by Crippen LogP contribution is 1.95. The summed E-state index contributed by atoms with van der Waals surface area (Å²) in [7, 11) is 0. The van der Waals surface area contributed by atoms with Crippen molar-refractivity contribution in [3.05, 3.63) is 0 Å². The van der Waals surface area contributed by atoms with Gasteiger partial charge in [-0.1, -0.05) is 0 Å². The van der Waals surface area contributed by atoms with Crippen molar-refractivity contribution in [1.82, 2.24) is 10.6 Å². The first-order valence-electron chi connectivity index (χ1n) is 5.13. The van der Waals surface area contributed by atoms with E-state index < -0.39 is 6.10 Å². The molecular formula is C9H18N2O4.